The summed E-state index contributed by atoms with van der Waals surface area (Å²) in [5.41, 5.74) is -0.0448. The van der Waals surface area contributed by atoms with Gasteiger partial charge in [0, 0.05) is 16.5 Å². The van der Waals surface area contributed by atoms with E-state index in [1.165, 1.54) is 35.7 Å². The minimum atomic E-state index is -4.29. The zero-order chi connectivity index (χ0) is 21.2. The number of rotatable bonds is 6. The van der Waals surface area contributed by atoms with Gasteiger partial charge >= 0.3 is 5.00 Å². The molecule has 1 amide bonds. The third kappa shape index (κ3) is 4.70. The van der Waals surface area contributed by atoms with E-state index in [1.54, 1.807) is 0 Å². The standard InChI is InChI=1S/C17H11ClFN3O5S2/c18-11-5-6-13(21-29(26,27)15-4-2-1-3-12(15)19)14(8-11)20-17(23)10-7-16(22(24)25)28-9-10/h1-9,21H,(H,20,23). The quantitative estimate of drug-likeness (QED) is 0.419. The molecule has 8 nitrogen and oxygen atoms in total. The highest BCUT2D eigenvalue weighted by Gasteiger charge is 2.21. The van der Waals surface area contributed by atoms with Crippen molar-refractivity contribution in [1.29, 1.82) is 0 Å². The fourth-order valence-corrected chi connectivity index (χ4v) is 4.34. The fraction of sp³-hybridized carbons (Fsp3) is 0. The molecule has 0 saturated heterocycles. The number of sulfonamides is 1. The molecule has 2 aromatic carbocycles. The van der Waals surface area contributed by atoms with Gasteiger partial charge in [-0.25, -0.2) is 12.8 Å². The fourth-order valence-electron chi connectivity index (χ4n) is 2.31. The predicted octanol–water partition coefficient (Wildman–Crippen LogP) is 4.50. The van der Waals surface area contributed by atoms with E-state index in [0.717, 1.165) is 29.5 Å². The maximum absolute atomic E-state index is 13.9. The van der Waals surface area contributed by atoms with Crippen LogP contribution in [-0.4, -0.2) is 19.2 Å². The molecular weight excluding hydrogens is 445 g/mol. The van der Waals surface area contributed by atoms with Crippen molar-refractivity contribution in [2.45, 2.75) is 4.90 Å². The first-order valence-electron chi connectivity index (χ1n) is 7.78. The van der Waals surface area contributed by atoms with Crippen LogP contribution in [-0.2, 0) is 10.0 Å². The predicted molar refractivity (Wildman–Crippen MR) is 108 cm³/mol. The second-order valence-corrected chi connectivity index (χ2v) is 8.59. The van der Waals surface area contributed by atoms with E-state index in [9.17, 15) is 27.7 Å². The van der Waals surface area contributed by atoms with Crippen molar-refractivity contribution in [1.82, 2.24) is 0 Å². The minimum Gasteiger partial charge on any atom is -0.320 e. The Kier molecular flexibility index (Phi) is 5.82. The van der Waals surface area contributed by atoms with Crippen molar-refractivity contribution < 1.29 is 22.5 Å². The van der Waals surface area contributed by atoms with Gasteiger partial charge in [-0.2, -0.15) is 0 Å². The van der Waals surface area contributed by atoms with Crippen LogP contribution in [0.25, 0.3) is 0 Å². The van der Waals surface area contributed by atoms with Crippen molar-refractivity contribution >= 4 is 55.2 Å². The molecule has 0 aliphatic carbocycles. The van der Waals surface area contributed by atoms with Crippen LogP contribution in [0.5, 0.6) is 0 Å². The van der Waals surface area contributed by atoms with Crippen LogP contribution in [0.15, 0.2) is 58.8 Å². The Balaban J connectivity index is 1.91. The molecule has 0 fully saturated rings. The van der Waals surface area contributed by atoms with Gasteiger partial charge in [0.1, 0.15) is 10.7 Å². The second-order valence-electron chi connectivity index (χ2n) is 5.61. The molecule has 12 heteroatoms. The number of thiophene rings is 1. The summed E-state index contributed by atoms with van der Waals surface area (Å²) in [6.07, 6.45) is 0. The summed E-state index contributed by atoms with van der Waals surface area (Å²) in [6, 6.07) is 9.87. The number of nitro groups is 1. The van der Waals surface area contributed by atoms with Gasteiger partial charge in [0.15, 0.2) is 0 Å². The number of carbonyl (C=O) groups is 1. The monoisotopic (exact) mass is 455 g/mol. The third-order valence-corrected chi connectivity index (χ3v) is 6.14. The normalized spacial score (nSPS) is 11.1. The van der Waals surface area contributed by atoms with Crippen LogP contribution in [0.3, 0.4) is 0 Å². The first kappa shape index (κ1) is 20.7. The Morgan fingerprint density at radius 2 is 1.86 bits per heavy atom. The summed E-state index contributed by atoms with van der Waals surface area (Å²) in [5, 5.41) is 14.5. The van der Waals surface area contributed by atoms with Gasteiger partial charge in [-0.05, 0) is 30.3 Å². The van der Waals surface area contributed by atoms with Crippen molar-refractivity contribution in [2.75, 3.05) is 10.0 Å². The van der Waals surface area contributed by atoms with Gasteiger partial charge in [0.25, 0.3) is 15.9 Å². The molecule has 3 rings (SSSR count). The topological polar surface area (TPSA) is 118 Å². The highest BCUT2D eigenvalue weighted by molar-refractivity contribution is 7.92. The lowest BCUT2D eigenvalue weighted by atomic mass is 10.2. The number of hydrogen-bond donors (Lipinski definition) is 2. The largest absolute Gasteiger partial charge is 0.324 e. The molecule has 0 bridgehead atoms. The van der Waals surface area contributed by atoms with E-state index in [-0.39, 0.29) is 27.0 Å². The first-order chi connectivity index (χ1) is 13.7. The van der Waals surface area contributed by atoms with E-state index in [2.05, 4.69) is 10.0 Å². The molecule has 0 unspecified atom stereocenters. The van der Waals surface area contributed by atoms with Crippen LogP contribution in [0, 0.1) is 15.9 Å². The number of hydrogen-bond acceptors (Lipinski definition) is 6. The number of amides is 1. The molecule has 0 atom stereocenters. The lowest BCUT2D eigenvalue weighted by molar-refractivity contribution is -0.380. The Labute approximate surface area is 173 Å². The number of carbonyl (C=O) groups excluding carboxylic acids is 1. The van der Waals surface area contributed by atoms with Crippen LogP contribution < -0.4 is 10.0 Å². The van der Waals surface area contributed by atoms with Crippen molar-refractivity contribution in [2.24, 2.45) is 0 Å². The highest BCUT2D eigenvalue weighted by atomic mass is 35.5. The van der Waals surface area contributed by atoms with Crippen LogP contribution in [0.1, 0.15) is 10.4 Å². The molecule has 0 saturated carbocycles. The number of halogens is 2. The average molecular weight is 456 g/mol. The Morgan fingerprint density at radius 1 is 1.14 bits per heavy atom. The summed E-state index contributed by atoms with van der Waals surface area (Å²) in [6.45, 7) is 0. The first-order valence-corrected chi connectivity index (χ1v) is 10.5. The SMILES string of the molecule is O=C(Nc1cc(Cl)ccc1NS(=O)(=O)c1ccccc1F)c1csc([N+](=O)[O-])c1. The Hall–Kier alpha value is -3.02. The van der Waals surface area contributed by atoms with Crippen molar-refractivity contribution in [3.8, 4) is 0 Å². The van der Waals surface area contributed by atoms with Gasteiger partial charge in [-0.3, -0.25) is 19.6 Å². The molecule has 150 valence electrons. The van der Waals surface area contributed by atoms with E-state index < -0.39 is 31.6 Å². The van der Waals surface area contributed by atoms with E-state index in [4.69, 9.17) is 11.6 Å². The summed E-state index contributed by atoms with van der Waals surface area (Å²) in [4.78, 5) is 22.0. The molecule has 1 aromatic heterocycles. The van der Waals surface area contributed by atoms with Gasteiger partial charge < -0.3 is 5.32 Å². The van der Waals surface area contributed by atoms with Crippen LogP contribution in [0.4, 0.5) is 20.8 Å². The van der Waals surface area contributed by atoms with Crippen LogP contribution in [0.2, 0.25) is 5.02 Å². The number of benzene rings is 2. The number of nitrogens with zero attached hydrogens (tertiary/aromatic N) is 1. The highest BCUT2D eigenvalue weighted by Crippen LogP contribution is 2.30. The molecule has 2 N–H and O–H groups in total. The smallest absolute Gasteiger partial charge is 0.320 e. The average Bonchev–Trinajstić information content (AvgIpc) is 3.15. The summed E-state index contributed by atoms with van der Waals surface area (Å²) in [5.74, 6) is -1.65. The summed E-state index contributed by atoms with van der Waals surface area (Å²) >= 11 is 6.70. The Bertz CT molecular complexity index is 1210. The molecular formula is C17H11ClFN3O5S2. The number of nitrogens with one attached hydrogen (secondary N) is 2. The molecule has 3 aromatic rings. The van der Waals surface area contributed by atoms with Crippen molar-refractivity contribution in [3.05, 3.63) is 80.4 Å². The summed E-state index contributed by atoms with van der Waals surface area (Å²) < 4.78 is 41.1. The number of anilines is 2. The van der Waals surface area contributed by atoms with Crippen LogP contribution >= 0.6 is 22.9 Å². The molecule has 1 heterocycles. The maximum Gasteiger partial charge on any atom is 0.324 e. The molecule has 0 aliphatic rings. The molecule has 0 aliphatic heterocycles. The Morgan fingerprint density at radius 3 is 2.52 bits per heavy atom. The molecule has 0 radical (unpaired) electrons. The molecule has 0 spiro atoms. The van der Waals surface area contributed by atoms with Gasteiger partial charge in [0.05, 0.1) is 21.9 Å². The molecule has 29 heavy (non-hydrogen) atoms. The minimum absolute atomic E-state index is 0.00346. The van der Waals surface area contributed by atoms with E-state index >= 15 is 0 Å². The van der Waals surface area contributed by atoms with Crippen molar-refractivity contribution in [3.63, 3.8) is 0 Å². The maximum atomic E-state index is 13.9. The van der Waals surface area contributed by atoms with E-state index in [1.807, 2.05) is 0 Å². The lowest BCUT2D eigenvalue weighted by Crippen LogP contribution is -2.17. The third-order valence-electron chi connectivity index (χ3n) is 3.63. The van der Waals surface area contributed by atoms with Gasteiger partial charge in [0.2, 0.25) is 0 Å². The van der Waals surface area contributed by atoms with Gasteiger partial charge in [-0.15, -0.1) is 0 Å². The zero-order valence-electron chi connectivity index (χ0n) is 14.3. The van der Waals surface area contributed by atoms with E-state index in [0.29, 0.717) is 0 Å². The lowest BCUT2D eigenvalue weighted by Gasteiger charge is -2.14. The zero-order valence-corrected chi connectivity index (χ0v) is 16.6. The second kappa shape index (κ2) is 8.15. The summed E-state index contributed by atoms with van der Waals surface area (Å²) in [7, 11) is -4.29. The van der Waals surface area contributed by atoms with Gasteiger partial charge in [-0.1, -0.05) is 35.1 Å².